The van der Waals surface area contributed by atoms with Crippen molar-refractivity contribution in [2.45, 2.75) is 38.4 Å². The molecule has 0 bridgehead atoms. The zero-order valence-corrected chi connectivity index (χ0v) is 8.20. The summed E-state index contributed by atoms with van der Waals surface area (Å²) in [6, 6.07) is 1.23. The number of fused-ring (bicyclic) bond motifs is 1. The van der Waals surface area contributed by atoms with Crippen LogP contribution in [0.15, 0.2) is 6.20 Å². The highest BCUT2D eigenvalue weighted by atomic mass is 15.3. The van der Waals surface area contributed by atoms with Crippen molar-refractivity contribution in [1.29, 1.82) is 0 Å². The summed E-state index contributed by atoms with van der Waals surface area (Å²) in [7, 11) is 2.16. The Morgan fingerprint density at radius 1 is 1.46 bits per heavy atom. The standard InChI is InChI=1S/C10H15N3/c1-7-10-8(5-12(7)2)6-13(11-10)9-3-4-9/h6-7,9H,3-5H2,1-2H3/t7-/m0/s1. The lowest BCUT2D eigenvalue weighted by Crippen LogP contribution is -2.15. The van der Waals surface area contributed by atoms with E-state index in [0.29, 0.717) is 6.04 Å². The quantitative estimate of drug-likeness (QED) is 0.651. The summed E-state index contributed by atoms with van der Waals surface area (Å²) in [5, 5.41) is 4.66. The Kier molecular flexibility index (Phi) is 1.37. The minimum absolute atomic E-state index is 0.509. The first-order valence-corrected chi connectivity index (χ1v) is 5.04. The second-order valence-corrected chi connectivity index (χ2v) is 4.34. The van der Waals surface area contributed by atoms with Crippen LogP contribution in [0.5, 0.6) is 0 Å². The van der Waals surface area contributed by atoms with E-state index in [0.717, 1.165) is 12.6 Å². The first kappa shape index (κ1) is 7.56. The van der Waals surface area contributed by atoms with Crippen LogP contribution in [0.2, 0.25) is 0 Å². The van der Waals surface area contributed by atoms with Gasteiger partial charge in [-0.2, -0.15) is 5.10 Å². The molecule has 0 spiro atoms. The topological polar surface area (TPSA) is 21.1 Å². The van der Waals surface area contributed by atoms with Gasteiger partial charge in [0, 0.05) is 18.3 Å². The first-order valence-electron chi connectivity index (χ1n) is 5.04. The van der Waals surface area contributed by atoms with Gasteiger partial charge in [0.05, 0.1) is 17.8 Å². The van der Waals surface area contributed by atoms with Gasteiger partial charge in [0.15, 0.2) is 0 Å². The van der Waals surface area contributed by atoms with Crippen LogP contribution < -0.4 is 0 Å². The molecule has 1 aromatic rings. The Morgan fingerprint density at radius 2 is 2.23 bits per heavy atom. The molecule has 3 rings (SSSR count). The van der Waals surface area contributed by atoms with Crippen LogP contribution in [0.1, 0.15) is 43.1 Å². The maximum atomic E-state index is 4.66. The van der Waals surface area contributed by atoms with Gasteiger partial charge < -0.3 is 0 Å². The second-order valence-electron chi connectivity index (χ2n) is 4.34. The van der Waals surface area contributed by atoms with Crippen LogP contribution >= 0.6 is 0 Å². The van der Waals surface area contributed by atoms with Crippen molar-refractivity contribution in [3.63, 3.8) is 0 Å². The summed E-state index contributed by atoms with van der Waals surface area (Å²) in [5.41, 5.74) is 2.73. The maximum Gasteiger partial charge on any atom is 0.0838 e. The molecule has 0 radical (unpaired) electrons. The van der Waals surface area contributed by atoms with Crippen LogP contribution in [0, 0.1) is 0 Å². The lowest BCUT2D eigenvalue weighted by molar-refractivity contribution is 0.278. The van der Waals surface area contributed by atoms with Crippen molar-refractivity contribution < 1.29 is 0 Å². The molecular formula is C10H15N3. The molecule has 2 heterocycles. The van der Waals surface area contributed by atoms with Gasteiger partial charge in [0.2, 0.25) is 0 Å². The van der Waals surface area contributed by atoms with Gasteiger partial charge in [-0.15, -0.1) is 0 Å². The van der Waals surface area contributed by atoms with E-state index in [2.05, 4.69) is 34.8 Å². The van der Waals surface area contributed by atoms with Crippen LogP contribution in [0.25, 0.3) is 0 Å². The van der Waals surface area contributed by atoms with Crippen LogP contribution in [-0.4, -0.2) is 21.7 Å². The molecule has 1 aromatic heterocycles. The van der Waals surface area contributed by atoms with Gasteiger partial charge in [0.1, 0.15) is 0 Å². The molecule has 70 valence electrons. The Hall–Kier alpha value is -0.830. The largest absolute Gasteiger partial charge is 0.294 e. The molecule has 0 saturated heterocycles. The van der Waals surface area contributed by atoms with E-state index in [1.165, 1.54) is 24.1 Å². The highest BCUT2D eigenvalue weighted by Gasteiger charge is 2.31. The third kappa shape index (κ3) is 1.03. The van der Waals surface area contributed by atoms with Gasteiger partial charge in [-0.25, -0.2) is 0 Å². The number of aromatic nitrogens is 2. The van der Waals surface area contributed by atoms with E-state index in [1.807, 2.05) is 0 Å². The maximum absolute atomic E-state index is 4.66. The number of hydrogen-bond acceptors (Lipinski definition) is 2. The highest BCUT2D eigenvalue weighted by molar-refractivity contribution is 5.25. The molecule has 3 nitrogen and oxygen atoms in total. The predicted octanol–water partition coefficient (Wildman–Crippen LogP) is 1.72. The zero-order valence-electron chi connectivity index (χ0n) is 8.20. The minimum Gasteiger partial charge on any atom is -0.294 e. The fourth-order valence-corrected chi connectivity index (χ4v) is 2.06. The Morgan fingerprint density at radius 3 is 2.85 bits per heavy atom. The molecule has 3 heteroatoms. The van der Waals surface area contributed by atoms with Gasteiger partial charge in [-0.3, -0.25) is 9.58 Å². The minimum atomic E-state index is 0.509. The van der Waals surface area contributed by atoms with E-state index < -0.39 is 0 Å². The van der Waals surface area contributed by atoms with E-state index in [1.54, 1.807) is 0 Å². The number of rotatable bonds is 1. The molecule has 1 atom stereocenters. The van der Waals surface area contributed by atoms with Crippen molar-refractivity contribution >= 4 is 0 Å². The Labute approximate surface area is 78.3 Å². The SMILES string of the molecule is C[C@H]1c2nn(C3CC3)cc2CN1C. The predicted molar refractivity (Wildman–Crippen MR) is 50.4 cm³/mol. The van der Waals surface area contributed by atoms with Gasteiger partial charge >= 0.3 is 0 Å². The van der Waals surface area contributed by atoms with Gasteiger partial charge in [-0.05, 0) is 26.8 Å². The molecular weight excluding hydrogens is 162 g/mol. The van der Waals surface area contributed by atoms with E-state index in [4.69, 9.17) is 0 Å². The van der Waals surface area contributed by atoms with Crippen LogP contribution in [0.3, 0.4) is 0 Å². The fraction of sp³-hybridized carbons (Fsp3) is 0.700. The molecule has 0 aromatic carbocycles. The third-order valence-corrected chi connectivity index (χ3v) is 3.24. The summed E-state index contributed by atoms with van der Waals surface area (Å²) < 4.78 is 2.17. The fourth-order valence-electron chi connectivity index (χ4n) is 2.06. The Bertz CT molecular complexity index is 338. The van der Waals surface area contributed by atoms with E-state index in [-0.39, 0.29) is 0 Å². The third-order valence-electron chi connectivity index (χ3n) is 3.24. The average molecular weight is 177 g/mol. The lowest BCUT2D eigenvalue weighted by Gasteiger charge is -2.14. The number of nitrogens with zero attached hydrogens (tertiary/aromatic N) is 3. The van der Waals surface area contributed by atoms with Crippen LogP contribution in [0.4, 0.5) is 0 Å². The smallest absolute Gasteiger partial charge is 0.0838 e. The molecule has 0 amide bonds. The molecule has 0 N–H and O–H groups in total. The summed E-state index contributed by atoms with van der Waals surface area (Å²) in [6.07, 6.45) is 4.89. The van der Waals surface area contributed by atoms with Gasteiger partial charge in [0.25, 0.3) is 0 Å². The molecule has 1 aliphatic carbocycles. The Balaban J connectivity index is 1.98. The molecule has 2 aliphatic rings. The molecule has 1 fully saturated rings. The molecule has 0 unspecified atom stereocenters. The molecule has 1 saturated carbocycles. The van der Waals surface area contributed by atoms with Crippen molar-refractivity contribution in [2.24, 2.45) is 0 Å². The highest BCUT2D eigenvalue weighted by Crippen LogP contribution is 2.37. The second kappa shape index (κ2) is 2.35. The average Bonchev–Trinajstić information content (AvgIpc) is 2.82. The normalized spacial score (nSPS) is 28.0. The molecule has 1 aliphatic heterocycles. The summed E-state index contributed by atoms with van der Waals surface area (Å²) in [4.78, 5) is 2.34. The summed E-state index contributed by atoms with van der Waals surface area (Å²) in [5.74, 6) is 0. The zero-order chi connectivity index (χ0) is 9.00. The summed E-state index contributed by atoms with van der Waals surface area (Å²) in [6.45, 7) is 3.30. The van der Waals surface area contributed by atoms with Crippen molar-refractivity contribution in [1.82, 2.24) is 14.7 Å². The number of hydrogen-bond donors (Lipinski definition) is 0. The van der Waals surface area contributed by atoms with E-state index >= 15 is 0 Å². The van der Waals surface area contributed by atoms with Crippen LogP contribution in [-0.2, 0) is 6.54 Å². The van der Waals surface area contributed by atoms with Gasteiger partial charge in [-0.1, -0.05) is 0 Å². The first-order chi connectivity index (χ1) is 6.25. The monoisotopic (exact) mass is 177 g/mol. The van der Waals surface area contributed by atoms with Crippen molar-refractivity contribution in [3.8, 4) is 0 Å². The lowest BCUT2D eigenvalue weighted by atomic mass is 10.2. The van der Waals surface area contributed by atoms with E-state index in [9.17, 15) is 0 Å². The van der Waals surface area contributed by atoms with Crippen molar-refractivity contribution in [3.05, 3.63) is 17.5 Å². The van der Waals surface area contributed by atoms with Crippen molar-refractivity contribution in [2.75, 3.05) is 7.05 Å². The molecule has 13 heavy (non-hydrogen) atoms. The summed E-state index contributed by atoms with van der Waals surface area (Å²) >= 11 is 0.